The number of pyridine rings is 1. The number of piperazine rings is 1. The van der Waals surface area contributed by atoms with E-state index >= 15 is 0 Å². The smallest absolute Gasteiger partial charge is 0.361 e. The number of hydrogen-bond acceptors (Lipinski definition) is 4. The van der Waals surface area contributed by atoms with Crippen LogP contribution in [0.15, 0.2) is 12.3 Å². The first-order valence-electron chi connectivity index (χ1n) is 6.71. The predicted molar refractivity (Wildman–Crippen MR) is 70.7 cm³/mol. The van der Waals surface area contributed by atoms with Crippen molar-refractivity contribution in [3.05, 3.63) is 17.8 Å². The van der Waals surface area contributed by atoms with Crippen LogP contribution in [0.3, 0.4) is 0 Å². The second-order valence-electron chi connectivity index (χ2n) is 5.54. The summed E-state index contributed by atoms with van der Waals surface area (Å²) in [5.41, 5.74) is -0.222. The molecule has 7 heteroatoms. The average Bonchev–Trinajstić information content (AvgIpc) is 2.73. The van der Waals surface area contributed by atoms with Crippen molar-refractivity contribution in [2.45, 2.75) is 32.2 Å². The Morgan fingerprint density at radius 2 is 2.10 bits per heavy atom. The summed E-state index contributed by atoms with van der Waals surface area (Å²) in [6.45, 7) is 6.71. The summed E-state index contributed by atoms with van der Waals surface area (Å²) < 4.78 is 38.1. The second-order valence-corrected chi connectivity index (χ2v) is 5.54. The zero-order chi connectivity index (χ0) is 14.5. The molecule has 1 unspecified atom stereocenters. The van der Waals surface area contributed by atoms with Crippen LogP contribution in [0.2, 0.25) is 0 Å². The molecule has 2 aliphatic heterocycles. The van der Waals surface area contributed by atoms with Crippen molar-refractivity contribution >= 4 is 11.5 Å². The number of aromatic nitrogens is 1. The molecule has 1 aromatic rings. The fraction of sp³-hybridized carbons (Fsp3) is 0.615. The molecule has 1 atom stereocenters. The van der Waals surface area contributed by atoms with Gasteiger partial charge in [0.15, 0.2) is 5.82 Å². The third-order valence-electron chi connectivity index (χ3n) is 3.93. The van der Waals surface area contributed by atoms with Crippen molar-refractivity contribution in [1.82, 2.24) is 9.88 Å². The Hall–Kier alpha value is -1.50. The lowest BCUT2D eigenvalue weighted by Gasteiger charge is -2.39. The Morgan fingerprint density at radius 3 is 2.75 bits per heavy atom. The van der Waals surface area contributed by atoms with Crippen molar-refractivity contribution in [2.24, 2.45) is 0 Å². The van der Waals surface area contributed by atoms with Crippen molar-refractivity contribution < 1.29 is 13.2 Å². The molecule has 0 aliphatic carbocycles. The highest BCUT2D eigenvalue weighted by Crippen LogP contribution is 2.38. The zero-order valence-corrected chi connectivity index (χ0v) is 11.4. The molecule has 2 aliphatic rings. The SMILES string of the molecule is CC(C)N1CCN2c3ncc(C(F)(F)F)cc3NC2C1. The Morgan fingerprint density at radius 1 is 1.35 bits per heavy atom. The van der Waals surface area contributed by atoms with Gasteiger partial charge in [0.1, 0.15) is 6.17 Å². The Kier molecular flexibility index (Phi) is 3.04. The van der Waals surface area contributed by atoms with Gasteiger partial charge in [-0.15, -0.1) is 0 Å². The monoisotopic (exact) mass is 286 g/mol. The predicted octanol–water partition coefficient (Wildman–Crippen LogP) is 2.38. The van der Waals surface area contributed by atoms with Crippen LogP contribution >= 0.6 is 0 Å². The Balaban J connectivity index is 1.85. The summed E-state index contributed by atoms with van der Waals surface area (Å²) in [4.78, 5) is 8.37. The summed E-state index contributed by atoms with van der Waals surface area (Å²) in [6.07, 6.45) is -3.42. The minimum Gasteiger partial charge on any atom is -0.361 e. The maximum absolute atomic E-state index is 12.7. The molecule has 1 saturated heterocycles. The van der Waals surface area contributed by atoms with Gasteiger partial charge in [0.25, 0.3) is 0 Å². The maximum atomic E-state index is 12.7. The van der Waals surface area contributed by atoms with E-state index < -0.39 is 11.7 Å². The number of hydrogen-bond donors (Lipinski definition) is 1. The average molecular weight is 286 g/mol. The van der Waals surface area contributed by atoms with Crippen LogP contribution in [-0.2, 0) is 6.18 Å². The molecule has 3 rings (SSSR count). The molecule has 1 aromatic heterocycles. The molecule has 4 nitrogen and oxygen atoms in total. The molecule has 0 aromatic carbocycles. The standard InChI is InChI=1S/C13H17F3N4/c1-8(2)19-3-4-20-11(7-19)18-10-5-9(13(14,15)16)6-17-12(10)20/h5-6,8,11,18H,3-4,7H2,1-2H3. The highest BCUT2D eigenvalue weighted by atomic mass is 19.4. The number of nitrogens with one attached hydrogen (secondary N) is 1. The second kappa shape index (κ2) is 4.51. The Bertz CT molecular complexity index is 515. The van der Waals surface area contributed by atoms with Crippen LogP contribution in [0.1, 0.15) is 19.4 Å². The molecule has 110 valence electrons. The van der Waals surface area contributed by atoms with Gasteiger partial charge in [0, 0.05) is 31.9 Å². The topological polar surface area (TPSA) is 31.4 Å². The lowest BCUT2D eigenvalue weighted by Crippen LogP contribution is -2.55. The van der Waals surface area contributed by atoms with E-state index in [-0.39, 0.29) is 6.17 Å². The van der Waals surface area contributed by atoms with E-state index in [1.807, 2.05) is 4.90 Å². The van der Waals surface area contributed by atoms with Crippen molar-refractivity contribution in [1.29, 1.82) is 0 Å². The molecular formula is C13H17F3N4. The van der Waals surface area contributed by atoms with E-state index in [4.69, 9.17) is 0 Å². The molecule has 0 bridgehead atoms. The van der Waals surface area contributed by atoms with E-state index in [1.165, 1.54) is 0 Å². The zero-order valence-electron chi connectivity index (χ0n) is 11.4. The van der Waals surface area contributed by atoms with Gasteiger partial charge in [0.05, 0.1) is 11.3 Å². The van der Waals surface area contributed by atoms with Gasteiger partial charge in [0.2, 0.25) is 0 Å². The van der Waals surface area contributed by atoms with Crippen LogP contribution in [0, 0.1) is 0 Å². The molecule has 20 heavy (non-hydrogen) atoms. The van der Waals surface area contributed by atoms with E-state index in [2.05, 4.69) is 29.0 Å². The molecule has 3 heterocycles. The van der Waals surface area contributed by atoms with Gasteiger partial charge < -0.3 is 10.2 Å². The molecular weight excluding hydrogens is 269 g/mol. The van der Waals surface area contributed by atoms with Gasteiger partial charge in [-0.25, -0.2) is 4.98 Å². The number of alkyl halides is 3. The van der Waals surface area contributed by atoms with Crippen LogP contribution in [0.25, 0.3) is 0 Å². The lowest BCUT2D eigenvalue weighted by atomic mass is 10.2. The number of nitrogens with zero attached hydrogens (tertiary/aromatic N) is 3. The van der Waals surface area contributed by atoms with E-state index in [0.29, 0.717) is 17.5 Å². The fourth-order valence-corrected chi connectivity index (χ4v) is 2.78. The van der Waals surface area contributed by atoms with Gasteiger partial charge in [-0.3, -0.25) is 4.90 Å². The van der Waals surface area contributed by atoms with Crippen molar-refractivity contribution in [2.75, 3.05) is 29.9 Å². The molecule has 0 spiro atoms. The van der Waals surface area contributed by atoms with Crippen LogP contribution < -0.4 is 10.2 Å². The summed E-state index contributed by atoms with van der Waals surface area (Å²) in [6, 6.07) is 1.58. The first-order valence-corrected chi connectivity index (χ1v) is 6.71. The summed E-state index contributed by atoms with van der Waals surface area (Å²) >= 11 is 0. The maximum Gasteiger partial charge on any atom is 0.417 e. The van der Waals surface area contributed by atoms with Gasteiger partial charge in [-0.1, -0.05) is 0 Å². The lowest BCUT2D eigenvalue weighted by molar-refractivity contribution is -0.137. The molecule has 0 saturated carbocycles. The number of rotatable bonds is 1. The summed E-state index contributed by atoms with van der Waals surface area (Å²) in [7, 11) is 0. The van der Waals surface area contributed by atoms with Crippen molar-refractivity contribution in [3.63, 3.8) is 0 Å². The third-order valence-corrected chi connectivity index (χ3v) is 3.93. The normalized spacial score (nSPS) is 22.7. The largest absolute Gasteiger partial charge is 0.417 e. The molecule has 0 amide bonds. The number of fused-ring (bicyclic) bond motifs is 3. The number of halogens is 3. The van der Waals surface area contributed by atoms with Gasteiger partial charge in [-0.2, -0.15) is 13.2 Å². The quantitative estimate of drug-likeness (QED) is 0.859. The molecule has 1 fully saturated rings. The molecule has 1 N–H and O–H groups in total. The Labute approximate surface area is 115 Å². The van der Waals surface area contributed by atoms with Crippen LogP contribution in [0.5, 0.6) is 0 Å². The minimum absolute atomic E-state index is 0.0112. The first-order chi connectivity index (χ1) is 9.36. The van der Waals surface area contributed by atoms with Crippen molar-refractivity contribution in [3.8, 4) is 0 Å². The van der Waals surface area contributed by atoms with E-state index in [0.717, 1.165) is 31.9 Å². The number of anilines is 2. The highest BCUT2D eigenvalue weighted by Gasteiger charge is 2.38. The molecule has 0 radical (unpaired) electrons. The summed E-state index contributed by atoms with van der Waals surface area (Å²) in [5.74, 6) is 0.631. The van der Waals surface area contributed by atoms with Crippen LogP contribution in [0.4, 0.5) is 24.7 Å². The van der Waals surface area contributed by atoms with Gasteiger partial charge in [-0.05, 0) is 19.9 Å². The highest BCUT2D eigenvalue weighted by molar-refractivity contribution is 5.73. The van der Waals surface area contributed by atoms with Crippen LogP contribution in [-0.4, -0.2) is 41.7 Å². The van der Waals surface area contributed by atoms with E-state index in [9.17, 15) is 13.2 Å². The third kappa shape index (κ3) is 2.19. The van der Waals surface area contributed by atoms with Gasteiger partial charge >= 0.3 is 6.18 Å². The summed E-state index contributed by atoms with van der Waals surface area (Å²) in [5, 5.41) is 3.16. The first kappa shape index (κ1) is 13.5. The van der Waals surface area contributed by atoms with E-state index in [1.54, 1.807) is 0 Å². The fourth-order valence-electron chi connectivity index (χ4n) is 2.78. The minimum atomic E-state index is -4.35.